The van der Waals surface area contributed by atoms with Crippen molar-refractivity contribution in [1.29, 1.82) is 0 Å². The molecule has 0 heterocycles. The number of benzene rings is 1. The van der Waals surface area contributed by atoms with E-state index in [0.29, 0.717) is 11.7 Å². The first kappa shape index (κ1) is 19.9. The second kappa shape index (κ2) is 9.88. The van der Waals surface area contributed by atoms with Crippen molar-refractivity contribution in [2.24, 2.45) is 5.92 Å². The van der Waals surface area contributed by atoms with E-state index in [-0.39, 0.29) is 13.0 Å². The summed E-state index contributed by atoms with van der Waals surface area (Å²) in [6.45, 7) is 2.30. The van der Waals surface area contributed by atoms with Gasteiger partial charge in [0.25, 0.3) is 0 Å². The van der Waals surface area contributed by atoms with E-state index in [1.807, 2.05) is 12.1 Å². The van der Waals surface area contributed by atoms with Crippen molar-refractivity contribution in [2.75, 3.05) is 6.61 Å². The van der Waals surface area contributed by atoms with Gasteiger partial charge in [0.05, 0.1) is 6.61 Å². The third-order valence-corrected chi connectivity index (χ3v) is 4.86. The summed E-state index contributed by atoms with van der Waals surface area (Å²) in [6, 6.07) is 7.90. The Bertz CT molecular complexity index is 511. The van der Waals surface area contributed by atoms with Gasteiger partial charge in [-0.25, -0.2) is 0 Å². The Hall–Kier alpha value is -1.45. The minimum Gasteiger partial charge on any atom is -0.494 e. The minimum atomic E-state index is -4.10. The lowest BCUT2D eigenvalue weighted by Crippen LogP contribution is -2.12. The van der Waals surface area contributed by atoms with Gasteiger partial charge in [0.1, 0.15) is 5.75 Å². The zero-order valence-corrected chi connectivity index (χ0v) is 15.0. The highest BCUT2D eigenvalue weighted by molar-refractivity contribution is 5.29. The van der Waals surface area contributed by atoms with Crippen molar-refractivity contribution in [1.82, 2.24) is 0 Å². The summed E-state index contributed by atoms with van der Waals surface area (Å²) < 4.78 is 41.7. The van der Waals surface area contributed by atoms with Crippen molar-refractivity contribution < 1.29 is 17.9 Å². The van der Waals surface area contributed by atoms with Crippen LogP contribution in [0.15, 0.2) is 36.4 Å². The molecule has 1 aromatic carbocycles. The lowest BCUT2D eigenvalue weighted by Gasteiger charge is -2.27. The number of rotatable bonds is 8. The predicted molar refractivity (Wildman–Crippen MR) is 96.0 cm³/mol. The monoisotopic (exact) mass is 354 g/mol. The molecular weight excluding hydrogens is 325 g/mol. The highest BCUT2D eigenvalue weighted by Gasteiger charge is 2.26. The summed E-state index contributed by atoms with van der Waals surface area (Å²) in [7, 11) is 0. The molecule has 0 aliphatic heterocycles. The zero-order chi connectivity index (χ0) is 18.1. The average molecular weight is 354 g/mol. The molecule has 0 bridgehead atoms. The summed E-state index contributed by atoms with van der Waals surface area (Å²) in [5.41, 5.74) is 1.32. The number of hydrogen-bond donors (Lipinski definition) is 0. The molecule has 1 fully saturated rings. The molecule has 1 aromatic rings. The van der Waals surface area contributed by atoms with E-state index in [2.05, 4.69) is 31.2 Å². The van der Waals surface area contributed by atoms with Gasteiger partial charge in [-0.3, -0.25) is 0 Å². The van der Waals surface area contributed by atoms with Gasteiger partial charge in [-0.2, -0.15) is 13.2 Å². The molecule has 0 atom stereocenters. The molecule has 0 N–H and O–H groups in total. The summed E-state index contributed by atoms with van der Waals surface area (Å²) in [5.74, 6) is 1.97. The van der Waals surface area contributed by atoms with Crippen molar-refractivity contribution in [3.8, 4) is 5.75 Å². The summed E-state index contributed by atoms with van der Waals surface area (Å²) >= 11 is 0. The summed E-state index contributed by atoms with van der Waals surface area (Å²) in [6.07, 6.45) is 7.06. The Morgan fingerprint density at radius 1 is 1.08 bits per heavy atom. The normalized spacial score (nSPS) is 21.6. The van der Waals surface area contributed by atoms with Crippen LogP contribution in [-0.2, 0) is 0 Å². The fourth-order valence-corrected chi connectivity index (χ4v) is 3.40. The fraction of sp³-hybridized carbons (Fsp3) is 0.619. The smallest absolute Gasteiger partial charge is 0.389 e. The lowest BCUT2D eigenvalue weighted by atomic mass is 9.78. The van der Waals surface area contributed by atoms with Crippen LogP contribution in [0.5, 0.6) is 5.75 Å². The highest BCUT2D eigenvalue weighted by Crippen LogP contribution is 2.36. The number of alkyl halides is 3. The molecule has 25 heavy (non-hydrogen) atoms. The third-order valence-electron chi connectivity index (χ3n) is 4.86. The van der Waals surface area contributed by atoms with Gasteiger partial charge in [0.15, 0.2) is 0 Å². The van der Waals surface area contributed by atoms with E-state index in [0.717, 1.165) is 5.92 Å². The van der Waals surface area contributed by atoms with E-state index < -0.39 is 12.6 Å². The molecule has 0 spiro atoms. The Balaban J connectivity index is 1.73. The van der Waals surface area contributed by atoms with Crippen LogP contribution in [0.25, 0.3) is 0 Å². The van der Waals surface area contributed by atoms with Gasteiger partial charge in [-0.15, -0.1) is 0 Å². The maximum Gasteiger partial charge on any atom is 0.389 e. The van der Waals surface area contributed by atoms with Crippen molar-refractivity contribution >= 4 is 0 Å². The molecule has 1 nitrogen and oxygen atoms in total. The largest absolute Gasteiger partial charge is 0.494 e. The van der Waals surface area contributed by atoms with E-state index in [1.165, 1.54) is 44.1 Å². The first-order valence-electron chi connectivity index (χ1n) is 9.44. The Labute approximate surface area is 149 Å². The molecule has 0 aromatic heterocycles. The van der Waals surface area contributed by atoms with Gasteiger partial charge in [0.2, 0.25) is 0 Å². The zero-order valence-electron chi connectivity index (χ0n) is 15.0. The lowest BCUT2D eigenvalue weighted by molar-refractivity contribution is -0.136. The van der Waals surface area contributed by atoms with Gasteiger partial charge < -0.3 is 4.74 Å². The van der Waals surface area contributed by atoms with E-state index in [4.69, 9.17) is 4.74 Å². The number of ether oxygens (including phenoxy) is 1. The number of hydrogen-bond acceptors (Lipinski definition) is 1. The number of halogens is 3. The van der Waals surface area contributed by atoms with Crippen LogP contribution in [0.3, 0.4) is 0 Å². The van der Waals surface area contributed by atoms with Gasteiger partial charge in [0, 0.05) is 6.42 Å². The number of allylic oxidation sites excluding steroid dienone is 2. The average Bonchev–Trinajstić information content (AvgIpc) is 2.59. The second-order valence-electron chi connectivity index (χ2n) is 6.96. The van der Waals surface area contributed by atoms with Crippen LogP contribution >= 0.6 is 0 Å². The third kappa shape index (κ3) is 7.54. The van der Waals surface area contributed by atoms with Crippen LogP contribution in [0.4, 0.5) is 13.2 Å². The molecular formula is C21H29F3O. The van der Waals surface area contributed by atoms with Gasteiger partial charge >= 0.3 is 6.18 Å². The van der Waals surface area contributed by atoms with Crippen LogP contribution in [0.2, 0.25) is 0 Å². The second-order valence-corrected chi connectivity index (χ2v) is 6.96. The molecule has 0 saturated heterocycles. The van der Waals surface area contributed by atoms with Gasteiger partial charge in [-0.1, -0.05) is 37.6 Å². The molecule has 140 valence electrons. The Kier molecular flexibility index (Phi) is 7.86. The van der Waals surface area contributed by atoms with Crippen molar-refractivity contribution in [3.05, 3.63) is 42.0 Å². The molecule has 4 heteroatoms. The fourth-order valence-electron chi connectivity index (χ4n) is 3.40. The van der Waals surface area contributed by atoms with E-state index >= 15 is 0 Å². The van der Waals surface area contributed by atoms with Crippen LogP contribution in [-0.4, -0.2) is 12.8 Å². The van der Waals surface area contributed by atoms with Crippen molar-refractivity contribution in [3.63, 3.8) is 0 Å². The van der Waals surface area contributed by atoms with E-state index in [1.54, 1.807) is 0 Å². The van der Waals surface area contributed by atoms with Crippen LogP contribution in [0, 0.1) is 5.92 Å². The quantitative estimate of drug-likeness (QED) is 0.359. The summed E-state index contributed by atoms with van der Waals surface area (Å²) in [5, 5.41) is 0. The molecule has 1 aliphatic rings. The number of unbranched alkanes of at least 4 members (excludes halogenated alkanes) is 1. The summed E-state index contributed by atoms with van der Waals surface area (Å²) in [4.78, 5) is 0. The van der Waals surface area contributed by atoms with Crippen LogP contribution < -0.4 is 4.74 Å². The predicted octanol–water partition coefficient (Wildman–Crippen LogP) is 7.04. The first-order chi connectivity index (χ1) is 12.0. The minimum absolute atomic E-state index is 0.000807. The first-order valence-corrected chi connectivity index (χ1v) is 9.44. The Morgan fingerprint density at radius 3 is 2.36 bits per heavy atom. The highest BCUT2D eigenvalue weighted by atomic mass is 19.4. The standard InChI is InChI=1S/C21H29F3O/c1-2-3-4-6-17-7-9-18(10-8-17)19-11-13-20(14-12-19)25-16-5-15-21(22,23)24/h4,6,11-14,17-18H,2-3,5,7-10,15-16H2,1H3/b6-4+. The Morgan fingerprint density at radius 2 is 1.76 bits per heavy atom. The molecule has 1 aliphatic carbocycles. The molecule has 2 rings (SSSR count). The van der Waals surface area contributed by atoms with Gasteiger partial charge in [-0.05, 0) is 68.1 Å². The molecule has 0 radical (unpaired) electrons. The molecule has 0 unspecified atom stereocenters. The topological polar surface area (TPSA) is 9.23 Å². The van der Waals surface area contributed by atoms with Crippen LogP contribution in [0.1, 0.15) is 69.8 Å². The maximum absolute atomic E-state index is 12.1. The van der Waals surface area contributed by atoms with E-state index in [9.17, 15) is 13.2 Å². The van der Waals surface area contributed by atoms with Crippen molar-refractivity contribution in [2.45, 2.75) is 70.4 Å². The molecule has 0 amide bonds. The maximum atomic E-state index is 12.1. The SMILES string of the molecule is CCC/C=C/C1CCC(c2ccc(OCCCC(F)(F)F)cc2)CC1. The molecule has 1 saturated carbocycles.